The Morgan fingerprint density at radius 2 is 1.94 bits per heavy atom. The largest absolute Gasteiger partial charge is 0.281 e. The van der Waals surface area contributed by atoms with Gasteiger partial charge in [0.1, 0.15) is 5.69 Å². The highest BCUT2D eigenvalue weighted by atomic mass is 35.5. The maximum atomic E-state index is 11.8. The van der Waals surface area contributed by atoms with E-state index in [0.29, 0.717) is 21.8 Å². The third-order valence-electron chi connectivity index (χ3n) is 2.53. The maximum Gasteiger partial charge on any atom is 0.226 e. The summed E-state index contributed by atoms with van der Waals surface area (Å²) in [6, 6.07) is 7.29. The van der Waals surface area contributed by atoms with Gasteiger partial charge < -0.3 is 0 Å². The van der Waals surface area contributed by atoms with Gasteiger partial charge in [0.25, 0.3) is 0 Å². The van der Waals surface area contributed by atoms with Crippen LogP contribution in [0.1, 0.15) is 16.1 Å². The highest BCUT2D eigenvalue weighted by Gasteiger charge is 2.45. The Morgan fingerprint density at radius 1 is 1.24 bits per heavy atom. The molecule has 2 heterocycles. The number of halogens is 3. The van der Waals surface area contributed by atoms with Crippen molar-refractivity contribution in [1.82, 2.24) is 4.98 Å². The van der Waals surface area contributed by atoms with Crippen LogP contribution in [0.4, 0.5) is 0 Å². The molecule has 0 saturated carbocycles. The smallest absolute Gasteiger partial charge is 0.226 e. The molecule has 3 rings (SSSR count). The number of hydrogen-bond acceptors (Lipinski definition) is 3. The Labute approximate surface area is 116 Å². The molecule has 0 bridgehead atoms. The van der Waals surface area contributed by atoms with E-state index in [-0.39, 0.29) is 5.12 Å². The van der Waals surface area contributed by atoms with Crippen molar-refractivity contribution < 1.29 is 4.79 Å². The van der Waals surface area contributed by atoms with Crippen molar-refractivity contribution in [2.45, 2.75) is 3.67 Å². The van der Waals surface area contributed by atoms with Gasteiger partial charge in [0.15, 0.2) is 0 Å². The number of hydrogen-bond donors (Lipinski definition) is 0. The molecule has 2 nitrogen and oxygen atoms in total. The van der Waals surface area contributed by atoms with Crippen LogP contribution in [0.2, 0.25) is 5.02 Å². The Balaban J connectivity index is 2.47. The number of carbonyl (C=O) groups is 1. The third kappa shape index (κ3) is 1.65. The standard InChI is InChI=1S/C11H4Cl3NOS/c12-8-5-3-1-2-4-6(5)15-9-7(8)10(16)17-11(9,13)14/h1-4H. The molecular weight excluding hydrogens is 301 g/mol. The number of alkyl halides is 2. The van der Waals surface area contributed by atoms with E-state index < -0.39 is 3.67 Å². The van der Waals surface area contributed by atoms with Gasteiger partial charge in [-0.1, -0.05) is 53.0 Å². The highest BCUT2D eigenvalue weighted by Crippen LogP contribution is 2.54. The fourth-order valence-electron chi connectivity index (χ4n) is 1.78. The van der Waals surface area contributed by atoms with Gasteiger partial charge in [-0.05, 0) is 17.8 Å². The van der Waals surface area contributed by atoms with Gasteiger partial charge in [-0.25, -0.2) is 4.98 Å². The van der Waals surface area contributed by atoms with E-state index in [1.165, 1.54) is 0 Å². The molecule has 0 fully saturated rings. The number of pyridine rings is 1. The van der Waals surface area contributed by atoms with Crippen LogP contribution in [0, 0.1) is 0 Å². The topological polar surface area (TPSA) is 30.0 Å². The van der Waals surface area contributed by atoms with Gasteiger partial charge in [-0.15, -0.1) is 0 Å². The number of benzene rings is 1. The first-order valence-electron chi connectivity index (χ1n) is 4.70. The summed E-state index contributed by atoms with van der Waals surface area (Å²) in [5, 5.41) is 0.854. The number of aromatic nitrogens is 1. The molecular formula is C11H4Cl3NOS. The first-order valence-corrected chi connectivity index (χ1v) is 6.65. The summed E-state index contributed by atoms with van der Waals surface area (Å²) in [5.74, 6) is 0. The number of para-hydroxylation sites is 1. The van der Waals surface area contributed by atoms with E-state index in [2.05, 4.69) is 4.98 Å². The minimum absolute atomic E-state index is 0.242. The Hall–Kier alpha value is -0.480. The lowest BCUT2D eigenvalue weighted by Crippen LogP contribution is -2.04. The molecule has 1 aromatic carbocycles. The van der Waals surface area contributed by atoms with E-state index >= 15 is 0 Å². The molecule has 0 amide bonds. The van der Waals surface area contributed by atoms with E-state index in [1.54, 1.807) is 6.07 Å². The molecule has 0 unspecified atom stereocenters. The zero-order chi connectivity index (χ0) is 12.2. The average molecular weight is 305 g/mol. The second-order valence-electron chi connectivity index (χ2n) is 3.57. The molecule has 0 spiro atoms. The summed E-state index contributed by atoms with van der Waals surface area (Å²) < 4.78 is -1.35. The number of carbonyl (C=O) groups excluding carboxylic acids is 1. The second-order valence-corrected chi connectivity index (χ2v) is 6.91. The monoisotopic (exact) mass is 303 g/mol. The third-order valence-corrected chi connectivity index (χ3v) is 4.58. The summed E-state index contributed by atoms with van der Waals surface area (Å²) in [5.41, 5.74) is 1.33. The number of fused-ring (bicyclic) bond motifs is 2. The Kier molecular flexibility index (Phi) is 2.56. The van der Waals surface area contributed by atoms with Crippen LogP contribution in [0.15, 0.2) is 24.3 Å². The van der Waals surface area contributed by atoms with Crippen LogP contribution in [0.5, 0.6) is 0 Å². The summed E-state index contributed by atoms with van der Waals surface area (Å²) in [6.07, 6.45) is 0. The van der Waals surface area contributed by atoms with E-state index in [4.69, 9.17) is 34.8 Å². The molecule has 17 heavy (non-hydrogen) atoms. The van der Waals surface area contributed by atoms with Crippen LogP contribution in [0.3, 0.4) is 0 Å². The quantitative estimate of drug-likeness (QED) is 0.677. The van der Waals surface area contributed by atoms with E-state index in [9.17, 15) is 4.79 Å². The Bertz CT molecular complexity index is 656. The number of rotatable bonds is 0. The molecule has 0 saturated heterocycles. The first-order chi connectivity index (χ1) is 8.00. The fraction of sp³-hybridized carbons (Fsp3) is 0.0909. The highest BCUT2D eigenvalue weighted by molar-refractivity contribution is 8.17. The summed E-state index contributed by atoms with van der Waals surface area (Å²) in [6.45, 7) is 0. The molecule has 0 aliphatic carbocycles. The van der Waals surface area contributed by atoms with Crippen LogP contribution in [-0.2, 0) is 3.67 Å². The Morgan fingerprint density at radius 3 is 2.71 bits per heavy atom. The molecule has 0 radical (unpaired) electrons. The maximum absolute atomic E-state index is 11.8. The van der Waals surface area contributed by atoms with Crippen LogP contribution < -0.4 is 0 Å². The zero-order valence-electron chi connectivity index (χ0n) is 8.21. The summed E-state index contributed by atoms with van der Waals surface area (Å²) >= 11 is 19.1. The molecule has 2 aromatic rings. The van der Waals surface area contributed by atoms with Gasteiger partial charge in [0.2, 0.25) is 8.78 Å². The predicted octanol–water partition coefficient (Wildman–Crippen LogP) is 4.36. The molecule has 0 atom stereocenters. The molecule has 6 heteroatoms. The van der Waals surface area contributed by atoms with Crippen LogP contribution >= 0.6 is 46.6 Å². The van der Waals surface area contributed by atoms with Crippen molar-refractivity contribution >= 4 is 62.6 Å². The molecule has 1 aliphatic rings. The molecule has 1 aromatic heterocycles. The van der Waals surface area contributed by atoms with Crippen molar-refractivity contribution in [3.63, 3.8) is 0 Å². The van der Waals surface area contributed by atoms with Crippen molar-refractivity contribution in [3.05, 3.63) is 40.5 Å². The van der Waals surface area contributed by atoms with Crippen LogP contribution in [-0.4, -0.2) is 10.1 Å². The zero-order valence-corrected chi connectivity index (χ0v) is 11.3. The number of thioether (sulfide) groups is 1. The van der Waals surface area contributed by atoms with Crippen molar-refractivity contribution in [2.24, 2.45) is 0 Å². The summed E-state index contributed by atoms with van der Waals surface area (Å²) in [7, 11) is 0. The average Bonchev–Trinajstić information content (AvgIpc) is 2.50. The van der Waals surface area contributed by atoms with Crippen molar-refractivity contribution in [2.75, 3.05) is 0 Å². The second kappa shape index (κ2) is 3.75. The normalized spacial score (nSPS) is 17.5. The lowest BCUT2D eigenvalue weighted by atomic mass is 10.1. The van der Waals surface area contributed by atoms with Crippen molar-refractivity contribution in [3.8, 4) is 0 Å². The molecule has 86 valence electrons. The van der Waals surface area contributed by atoms with Crippen molar-refractivity contribution in [1.29, 1.82) is 0 Å². The van der Waals surface area contributed by atoms with Gasteiger partial charge in [0.05, 0.1) is 16.1 Å². The SMILES string of the molecule is O=C1SC(Cl)(Cl)c2nc3ccccc3c(Cl)c21. The minimum Gasteiger partial charge on any atom is -0.281 e. The van der Waals surface area contributed by atoms with Gasteiger partial charge in [0, 0.05) is 5.39 Å². The van der Waals surface area contributed by atoms with Crippen LogP contribution in [0.25, 0.3) is 10.9 Å². The minimum atomic E-state index is -1.35. The number of nitrogens with zero attached hydrogens (tertiary/aromatic N) is 1. The molecule has 1 aliphatic heterocycles. The predicted molar refractivity (Wildman–Crippen MR) is 72.1 cm³/mol. The fourth-order valence-corrected chi connectivity index (χ4v) is 3.65. The lowest BCUT2D eigenvalue weighted by Gasteiger charge is -2.11. The van der Waals surface area contributed by atoms with E-state index in [1.807, 2.05) is 18.2 Å². The molecule has 0 N–H and O–H groups in total. The lowest BCUT2D eigenvalue weighted by molar-refractivity contribution is 0.109. The van der Waals surface area contributed by atoms with Gasteiger partial charge in [-0.3, -0.25) is 4.79 Å². The van der Waals surface area contributed by atoms with Gasteiger partial charge >= 0.3 is 0 Å². The first kappa shape index (κ1) is 11.6. The summed E-state index contributed by atoms with van der Waals surface area (Å²) in [4.78, 5) is 16.1. The van der Waals surface area contributed by atoms with Gasteiger partial charge in [-0.2, -0.15) is 0 Å². The van der Waals surface area contributed by atoms with E-state index in [0.717, 1.165) is 17.1 Å².